The van der Waals surface area contributed by atoms with Gasteiger partial charge in [-0.2, -0.15) is 0 Å². The van der Waals surface area contributed by atoms with Crippen LogP contribution in [0.25, 0.3) is 0 Å². The van der Waals surface area contributed by atoms with Crippen molar-refractivity contribution in [2.24, 2.45) is 5.92 Å². The highest BCUT2D eigenvalue weighted by Gasteiger charge is 2.26. The molecule has 1 aromatic carbocycles. The van der Waals surface area contributed by atoms with Gasteiger partial charge in [-0.05, 0) is 31.9 Å². The van der Waals surface area contributed by atoms with E-state index in [0.29, 0.717) is 17.3 Å². The molecule has 0 bridgehead atoms. The van der Waals surface area contributed by atoms with Crippen molar-refractivity contribution in [2.45, 2.75) is 32.7 Å². The van der Waals surface area contributed by atoms with Crippen molar-refractivity contribution in [2.75, 3.05) is 30.4 Å². The number of para-hydroxylation sites is 1. The van der Waals surface area contributed by atoms with Gasteiger partial charge in [-0.3, -0.25) is 10.1 Å². The lowest BCUT2D eigenvalue weighted by molar-refractivity contribution is -0.383. The van der Waals surface area contributed by atoms with Crippen molar-refractivity contribution >= 4 is 17.1 Å². The number of rotatable bonds is 7. The van der Waals surface area contributed by atoms with Crippen molar-refractivity contribution in [1.29, 1.82) is 0 Å². The first kappa shape index (κ1) is 15.6. The van der Waals surface area contributed by atoms with Crippen molar-refractivity contribution in [1.82, 2.24) is 0 Å². The van der Waals surface area contributed by atoms with Crippen LogP contribution in [0.2, 0.25) is 0 Å². The molecular weight excluding hydrogens is 270 g/mol. The van der Waals surface area contributed by atoms with Crippen molar-refractivity contribution in [3.05, 3.63) is 28.3 Å². The minimum atomic E-state index is -0.321. The number of hydrogen-bond donors (Lipinski definition) is 2. The van der Waals surface area contributed by atoms with Gasteiger partial charge < -0.3 is 15.4 Å². The van der Waals surface area contributed by atoms with Gasteiger partial charge in [0.05, 0.1) is 11.5 Å². The second kappa shape index (κ2) is 7.26. The van der Waals surface area contributed by atoms with Crippen LogP contribution in [0.5, 0.6) is 0 Å². The predicted octanol–water partition coefficient (Wildman–Crippen LogP) is 3.25. The molecule has 1 aliphatic heterocycles. The third-order valence-electron chi connectivity index (χ3n) is 3.84. The molecule has 1 aliphatic rings. The first-order chi connectivity index (χ1) is 10.1. The Morgan fingerprint density at radius 2 is 2.24 bits per heavy atom. The van der Waals surface area contributed by atoms with E-state index >= 15 is 0 Å². The van der Waals surface area contributed by atoms with E-state index in [1.807, 2.05) is 13.0 Å². The molecule has 1 aromatic rings. The fourth-order valence-electron chi connectivity index (χ4n) is 2.57. The average molecular weight is 293 g/mol. The van der Waals surface area contributed by atoms with Crippen LogP contribution in [0, 0.1) is 16.0 Å². The van der Waals surface area contributed by atoms with Gasteiger partial charge in [0.25, 0.3) is 0 Å². The van der Waals surface area contributed by atoms with Gasteiger partial charge in [0.2, 0.25) is 0 Å². The van der Waals surface area contributed by atoms with Crippen LogP contribution in [-0.4, -0.2) is 30.7 Å². The summed E-state index contributed by atoms with van der Waals surface area (Å²) in [6.07, 6.45) is 1.92. The van der Waals surface area contributed by atoms with Crippen LogP contribution in [0.1, 0.15) is 26.7 Å². The SMILES string of the molecule is CCCNc1cccc(NC(C)C2CCOC2)c1[N+](=O)[O-]. The molecule has 1 fully saturated rings. The van der Waals surface area contributed by atoms with Crippen LogP contribution in [-0.2, 0) is 4.74 Å². The molecule has 2 unspecified atom stereocenters. The summed E-state index contributed by atoms with van der Waals surface area (Å²) < 4.78 is 5.38. The van der Waals surface area contributed by atoms with E-state index in [4.69, 9.17) is 4.74 Å². The van der Waals surface area contributed by atoms with E-state index in [1.54, 1.807) is 12.1 Å². The van der Waals surface area contributed by atoms with Crippen LogP contribution >= 0.6 is 0 Å². The molecule has 21 heavy (non-hydrogen) atoms. The lowest BCUT2D eigenvalue weighted by Gasteiger charge is -2.21. The first-order valence-corrected chi connectivity index (χ1v) is 7.49. The number of benzene rings is 1. The highest BCUT2D eigenvalue weighted by Crippen LogP contribution is 2.34. The molecule has 2 atom stereocenters. The number of nitrogens with zero attached hydrogens (tertiary/aromatic N) is 1. The monoisotopic (exact) mass is 293 g/mol. The molecule has 0 spiro atoms. The summed E-state index contributed by atoms with van der Waals surface area (Å²) in [5.74, 6) is 0.400. The molecule has 6 heteroatoms. The first-order valence-electron chi connectivity index (χ1n) is 7.49. The minimum absolute atomic E-state index is 0.122. The van der Waals surface area contributed by atoms with Crippen molar-refractivity contribution < 1.29 is 9.66 Å². The molecule has 1 heterocycles. The van der Waals surface area contributed by atoms with Gasteiger partial charge >= 0.3 is 5.69 Å². The van der Waals surface area contributed by atoms with Gasteiger partial charge in [0, 0.05) is 25.1 Å². The van der Waals surface area contributed by atoms with Gasteiger partial charge in [0.15, 0.2) is 0 Å². The maximum absolute atomic E-state index is 11.4. The number of anilines is 2. The Bertz CT molecular complexity index is 487. The summed E-state index contributed by atoms with van der Waals surface area (Å²) in [4.78, 5) is 11.1. The molecule has 116 valence electrons. The molecule has 2 N–H and O–H groups in total. The summed E-state index contributed by atoms with van der Waals surface area (Å²) in [5.41, 5.74) is 1.26. The highest BCUT2D eigenvalue weighted by molar-refractivity contribution is 5.76. The van der Waals surface area contributed by atoms with Crippen LogP contribution in [0.3, 0.4) is 0 Å². The van der Waals surface area contributed by atoms with E-state index in [2.05, 4.69) is 17.6 Å². The standard InChI is InChI=1S/C15H23N3O3/c1-3-8-16-13-5-4-6-14(15(13)18(19)20)17-11(2)12-7-9-21-10-12/h4-6,11-12,16-17H,3,7-10H2,1-2H3. The van der Waals surface area contributed by atoms with Crippen LogP contribution < -0.4 is 10.6 Å². The van der Waals surface area contributed by atoms with E-state index in [0.717, 1.165) is 32.6 Å². The maximum atomic E-state index is 11.4. The fourth-order valence-corrected chi connectivity index (χ4v) is 2.57. The minimum Gasteiger partial charge on any atom is -0.381 e. The zero-order valence-electron chi connectivity index (χ0n) is 12.6. The highest BCUT2D eigenvalue weighted by atomic mass is 16.6. The van der Waals surface area contributed by atoms with Crippen LogP contribution in [0.15, 0.2) is 18.2 Å². The average Bonchev–Trinajstić information content (AvgIpc) is 2.99. The third kappa shape index (κ3) is 3.85. The number of nitro benzene ring substituents is 1. The summed E-state index contributed by atoms with van der Waals surface area (Å²) >= 11 is 0. The smallest absolute Gasteiger partial charge is 0.315 e. The van der Waals surface area contributed by atoms with E-state index in [1.165, 1.54) is 0 Å². The number of hydrogen-bond acceptors (Lipinski definition) is 5. The summed E-state index contributed by atoms with van der Waals surface area (Å²) in [5, 5.41) is 17.8. The van der Waals surface area contributed by atoms with E-state index in [9.17, 15) is 10.1 Å². The summed E-state index contributed by atoms with van der Waals surface area (Å²) in [6.45, 7) is 6.29. The molecule has 2 rings (SSSR count). The zero-order chi connectivity index (χ0) is 15.2. The molecule has 6 nitrogen and oxygen atoms in total. The molecule has 0 aromatic heterocycles. The van der Waals surface area contributed by atoms with Gasteiger partial charge in [-0.25, -0.2) is 0 Å². The summed E-state index contributed by atoms with van der Waals surface area (Å²) in [7, 11) is 0. The van der Waals surface area contributed by atoms with Gasteiger partial charge in [-0.15, -0.1) is 0 Å². The van der Waals surface area contributed by atoms with Crippen molar-refractivity contribution in [3.63, 3.8) is 0 Å². The fraction of sp³-hybridized carbons (Fsp3) is 0.600. The maximum Gasteiger partial charge on any atom is 0.315 e. The molecule has 0 radical (unpaired) electrons. The summed E-state index contributed by atoms with van der Waals surface area (Å²) in [6, 6.07) is 5.50. The van der Waals surface area contributed by atoms with E-state index < -0.39 is 0 Å². The zero-order valence-corrected chi connectivity index (χ0v) is 12.6. The quantitative estimate of drug-likeness (QED) is 0.596. The Hall–Kier alpha value is -1.82. The second-order valence-corrected chi connectivity index (χ2v) is 5.44. The number of nitro groups is 1. The molecule has 0 amide bonds. The Balaban J connectivity index is 2.18. The Labute approximate surface area is 125 Å². The third-order valence-corrected chi connectivity index (χ3v) is 3.84. The Morgan fingerprint density at radius 3 is 2.86 bits per heavy atom. The van der Waals surface area contributed by atoms with Crippen LogP contribution in [0.4, 0.5) is 17.1 Å². The lowest BCUT2D eigenvalue weighted by Crippen LogP contribution is -2.26. The molecule has 0 aliphatic carbocycles. The lowest BCUT2D eigenvalue weighted by atomic mass is 10.0. The Morgan fingerprint density at radius 1 is 1.48 bits per heavy atom. The van der Waals surface area contributed by atoms with Gasteiger partial charge in [0.1, 0.15) is 11.4 Å². The van der Waals surface area contributed by atoms with E-state index in [-0.39, 0.29) is 16.7 Å². The van der Waals surface area contributed by atoms with Crippen molar-refractivity contribution in [3.8, 4) is 0 Å². The largest absolute Gasteiger partial charge is 0.381 e. The molecular formula is C15H23N3O3. The normalized spacial score (nSPS) is 19.2. The predicted molar refractivity (Wildman–Crippen MR) is 83.9 cm³/mol. The number of ether oxygens (including phenoxy) is 1. The van der Waals surface area contributed by atoms with Gasteiger partial charge in [-0.1, -0.05) is 13.0 Å². The number of nitrogens with one attached hydrogen (secondary N) is 2. The second-order valence-electron chi connectivity index (χ2n) is 5.44. The Kier molecular flexibility index (Phi) is 5.38. The molecule has 0 saturated carbocycles. The topological polar surface area (TPSA) is 76.4 Å². The molecule has 1 saturated heterocycles.